The summed E-state index contributed by atoms with van der Waals surface area (Å²) in [5.41, 5.74) is 0.706. The number of carbonyl (C=O) groups excluding carboxylic acids is 3. The van der Waals surface area contributed by atoms with Crippen molar-refractivity contribution < 1.29 is 28.6 Å². The van der Waals surface area contributed by atoms with Gasteiger partial charge in [0.15, 0.2) is 0 Å². The van der Waals surface area contributed by atoms with Gasteiger partial charge in [-0.2, -0.15) is 0 Å². The van der Waals surface area contributed by atoms with Crippen molar-refractivity contribution in [3.05, 3.63) is 23.3 Å². The van der Waals surface area contributed by atoms with E-state index in [-0.39, 0.29) is 41.7 Å². The molecule has 0 aromatic heterocycles. The van der Waals surface area contributed by atoms with Crippen molar-refractivity contribution in [2.75, 3.05) is 20.8 Å². The molecular weight excluding hydrogens is 422 g/mol. The first-order valence-corrected chi connectivity index (χ1v) is 11.1. The molecule has 0 aromatic carbocycles. The van der Waals surface area contributed by atoms with E-state index in [1.54, 1.807) is 4.90 Å². The molecule has 1 aliphatic heterocycles. The summed E-state index contributed by atoms with van der Waals surface area (Å²) >= 11 is 6.41. The van der Waals surface area contributed by atoms with E-state index in [0.29, 0.717) is 31.3 Å². The maximum atomic E-state index is 12.9. The number of rotatable bonds is 5. The van der Waals surface area contributed by atoms with Crippen molar-refractivity contribution in [3.8, 4) is 0 Å². The highest BCUT2D eigenvalue weighted by atomic mass is 35.5. The summed E-state index contributed by atoms with van der Waals surface area (Å²) in [5, 5.41) is -0.208. The van der Waals surface area contributed by atoms with Crippen molar-refractivity contribution in [2.45, 2.75) is 70.4 Å². The van der Waals surface area contributed by atoms with Gasteiger partial charge in [-0.1, -0.05) is 19.1 Å². The number of likely N-dealkylation sites (tertiary alicyclic amines) is 1. The summed E-state index contributed by atoms with van der Waals surface area (Å²) in [6, 6.07) is -0.122. The van der Waals surface area contributed by atoms with E-state index >= 15 is 0 Å². The van der Waals surface area contributed by atoms with Crippen molar-refractivity contribution >= 4 is 29.6 Å². The number of carbonyl (C=O) groups is 3. The van der Waals surface area contributed by atoms with Gasteiger partial charge >= 0.3 is 18.0 Å². The minimum Gasteiger partial charge on any atom is -0.469 e. The Morgan fingerprint density at radius 3 is 2.39 bits per heavy atom. The molecule has 1 fully saturated rings. The summed E-state index contributed by atoms with van der Waals surface area (Å²) in [4.78, 5) is 38.8. The third-order valence-electron chi connectivity index (χ3n) is 5.66. The number of halogens is 1. The minimum absolute atomic E-state index is 0.0215. The predicted octanol–water partition coefficient (Wildman–Crippen LogP) is 4.24. The van der Waals surface area contributed by atoms with E-state index in [4.69, 9.17) is 25.8 Å². The summed E-state index contributed by atoms with van der Waals surface area (Å²) in [5.74, 6) is -1.06. The van der Waals surface area contributed by atoms with Crippen LogP contribution in [0.4, 0.5) is 4.79 Å². The maximum Gasteiger partial charge on any atom is 0.410 e. The molecule has 1 saturated heterocycles. The van der Waals surface area contributed by atoms with Crippen LogP contribution in [0.25, 0.3) is 0 Å². The van der Waals surface area contributed by atoms with Gasteiger partial charge in [0.2, 0.25) is 0 Å². The van der Waals surface area contributed by atoms with Gasteiger partial charge in [0.1, 0.15) is 5.60 Å². The Morgan fingerprint density at radius 2 is 1.81 bits per heavy atom. The van der Waals surface area contributed by atoms with Gasteiger partial charge in [-0.05, 0) is 57.9 Å². The number of methoxy groups -OCH3 is 2. The lowest BCUT2D eigenvalue weighted by molar-refractivity contribution is -0.147. The minimum atomic E-state index is -0.644. The number of piperidine rings is 1. The number of ether oxygens (including phenoxy) is 3. The van der Waals surface area contributed by atoms with Gasteiger partial charge in [-0.3, -0.25) is 4.79 Å². The topological polar surface area (TPSA) is 82.1 Å². The third-order valence-corrected chi connectivity index (χ3v) is 6.18. The second-order valence-corrected chi connectivity index (χ2v) is 9.69. The number of allylic oxidation sites excluding steroid dienone is 2. The van der Waals surface area contributed by atoms with Crippen molar-refractivity contribution in [3.63, 3.8) is 0 Å². The van der Waals surface area contributed by atoms with Crippen LogP contribution in [0, 0.1) is 11.8 Å². The SMILES string of the molecule is COC(=O)C1=CC(C)C(Cl)C=C1CCC1CCC(C(=O)OC)CN1C(=O)OC(C)(C)C. The molecule has 31 heavy (non-hydrogen) atoms. The number of nitrogens with zero attached hydrogens (tertiary/aromatic N) is 1. The molecule has 0 N–H and O–H groups in total. The first kappa shape index (κ1) is 25.2. The Bertz CT molecular complexity index is 754. The van der Waals surface area contributed by atoms with Crippen LogP contribution in [-0.4, -0.2) is 60.7 Å². The zero-order chi connectivity index (χ0) is 23.3. The highest BCUT2D eigenvalue weighted by Gasteiger charge is 2.37. The van der Waals surface area contributed by atoms with Crippen molar-refractivity contribution in [2.24, 2.45) is 11.8 Å². The Kier molecular flexibility index (Phi) is 8.57. The van der Waals surface area contributed by atoms with Crippen molar-refractivity contribution in [1.29, 1.82) is 0 Å². The van der Waals surface area contributed by atoms with Crippen molar-refractivity contribution in [1.82, 2.24) is 4.90 Å². The van der Waals surface area contributed by atoms with Gasteiger partial charge in [-0.25, -0.2) is 9.59 Å². The highest BCUT2D eigenvalue weighted by Crippen LogP contribution is 2.33. The lowest BCUT2D eigenvalue weighted by Gasteiger charge is -2.39. The number of esters is 2. The summed E-state index contributed by atoms with van der Waals surface area (Å²) in [6.45, 7) is 7.63. The number of hydrogen-bond donors (Lipinski definition) is 0. The Balaban J connectivity index is 2.17. The van der Waals surface area contributed by atoms with E-state index < -0.39 is 11.7 Å². The monoisotopic (exact) mass is 455 g/mol. The lowest BCUT2D eigenvalue weighted by Crippen LogP contribution is -2.50. The molecule has 8 heteroatoms. The van der Waals surface area contributed by atoms with Crippen LogP contribution < -0.4 is 0 Å². The molecule has 1 amide bonds. The summed E-state index contributed by atoms with van der Waals surface area (Å²) < 4.78 is 15.4. The maximum absolute atomic E-state index is 12.9. The Morgan fingerprint density at radius 1 is 1.13 bits per heavy atom. The quantitative estimate of drug-likeness (QED) is 0.350. The number of amides is 1. The summed E-state index contributed by atoms with van der Waals surface area (Å²) in [6.07, 6.45) is 5.75. The molecule has 0 bridgehead atoms. The molecule has 4 atom stereocenters. The van der Waals surface area contributed by atoms with Gasteiger partial charge in [0, 0.05) is 12.6 Å². The zero-order valence-corrected chi connectivity index (χ0v) is 20.0. The van der Waals surface area contributed by atoms with E-state index in [1.165, 1.54) is 14.2 Å². The molecule has 4 unspecified atom stereocenters. The van der Waals surface area contributed by atoms with Crippen LogP contribution in [-0.2, 0) is 23.8 Å². The molecule has 2 aliphatic rings. The number of hydrogen-bond acceptors (Lipinski definition) is 6. The fraction of sp³-hybridized carbons (Fsp3) is 0.696. The lowest BCUT2D eigenvalue weighted by atomic mass is 9.85. The second-order valence-electron chi connectivity index (χ2n) is 9.19. The average Bonchev–Trinajstić information content (AvgIpc) is 2.71. The van der Waals surface area contributed by atoms with Crippen LogP contribution in [0.3, 0.4) is 0 Å². The zero-order valence-electron chi connectivity index (χ0n) is 19.3. The molecule has 1 heterocycles. The molecule has 2 rings (SSSR count). The van der Waals surface area contributed by atoms with Gasteiger partial charge in [0.05, 0.1) is 31.1 Å². The molecule has 1 aliphatic carbocycles. The fourth-order valence-electron chi connectivity index (χ4n) is 3.98. The predicted molar refractivity (Wildman–Crippen MR) is 118 cm³/mol. The molecular formula is C23H34ClNO6. The molecule has 0 spiro atoms. The van der Waals surface area contributed by atoms with E-state index in [9.17, 15) is 14.4 Å². The Hall–Kier alpha value is -2.02. The first-order chi connectivity index (χ1) is 14.5. The van der Waals surface area contributed by atoms with E-state index in [2.05, 4.69) is 0 Å². The third kappa shape index (κ3) is 6.73. The number of alkyl halides is 1. The van der Waals surface area contributed by atoms with E-state index in [0.717, 1.165) is 5.57 Å². The van der Waals surface area contributed by atoms with Gasteiger partial charge in [-0.15, -0.1) is 11.6 Å². The average molecular weight is 456 g/mol. The normalized spacial score (nSPS) is 26.5. The van der Waals surface area contributed by atoms with Crippen LogP contribution in [0.15, 0.2) is 23.3 Å². The van der Waals surface area contributed by atoms with Gasteiger partial charge in [0.25, 0.3) is 0 Å². The largest absolute Gasteiger partial charge is 0.469 e. The molecule has 0 aromatic rings. The highest BCUT2D eigenvalue weighted by molar-refractivity contribution is 6.22. The van der Waals surface area contributed by atoms with Crippen LogP contribution >= 0.6 is 11.6 Å². The molecule has 0 saturated carbocycles. The second kappa shape index (κ2) is 10.5. The van der Waals surface area contributed by atoms with Crippen LogP contribution in [0.1, 0.15) is 53.4 Å². The molecule has 7 nitrogen and oxygen atoms in total. The first-order valence-electron chi connectivity index (χ1n) is 10.7. The van der Waals surface area contributed by atoms with Crippen LogP contribution in [0.2, 0.25) is 0 Å². The summed E-state index contributed by atoms with van der Waals surface area (Å²) in [7, 11) is 2.71. The van der Waals surface area contributed by atoms with Crippen LogP contribution in [0.5, 0.6) is 0 Å². The fourth-order valence-corrected chi connectivity index (χ4v) is 4.20. The Labute approximate surface area is 189 Å². The molecule has 0 radical (unpaired) electrons. The smallest absolute Gasteiger partial charge is 0.410 e. The van der Waals surface area contributed by atoms with Gasteiger partial charge < -0.3 is 19.1 Å². The standard InChI is InChI=1S/C23H34ClNO6/c1-14-11-18(21(27)30-6)15(12-19(14)24)7-9-17-10-8-16(20(26)29-5)13-25(17)22(28)31-23(2,3)4/h11-12,14,16-17,19H,7-10,13H2,1-6H3. The van der Waals surface area contributed by atoms with E-state index in [1.807, 2.05) is 39.8 Å². The molecule has 174 valence electrons.